The highest BCUT2D eigenvalue weighted by Crippen LogP contribution is 2.34. The summed E-state index contributed by atoms with van der Waals surface area (Å²) < 4.78 is 30.5. The summed E-state index contributed by atoms with van der Waals surface area (Å²) in [5.74, 6) is 1.07. The fourth-order valence-corrected chi connectivity index (χ4v) is 4.67. The van der Waals surface area contributed by atoms with Crippen molar-refractivity contribution in [2.45, 2.75) is 6.61 Å². The first kappa shape index (κ1) is 24.8. The molecule has 0 unspecified atom stereocenters. The molecule has 0 bridgehead atoms. The minimum atomic E-state index is -0.364. The average molecular weight is 558 g/mol. The maximum Gasteiger partial charge on any atom is 0.293 e. The Morgan fingerprint density at radius 1 is 0.971 bits per heavy atom. The number of hydrogen-bond acceptors (Lipinski definition) is 6. The zero-order valence-electron chi connectivity index (χ0n) is 18.7. The van der Waals surface area contributed by atoms with Crippen LogP contribution in [0.1, 0.15) is 11.1 Å². The van der Waals surface area contributed by atoms with E-state index in [2.05, 4.69) is 15.9 Å². The zero-order valence-corrected chi connectivity index (χ0v) is 21.1. The van der Waals surface area contributed by atoms with Crippen LogP contribution in [0.25, 0.3) is 6.08 Å². The van der Waals surface area contributed by atoms with Gasteiger partial charge in [0.05, 0.1) is 23.0 Å². The zero-order chi connectivity index (χ0) is 24.8. The maximum absolute atomic E-state index is 13.0. The molecule has 0 aliphatic carbocycles. The highest BCUT2D eigenvalue weighted by Gasteiger charge is 2.34. The molecule has 0 aromatic heterocycles. The fraction of sp³-hybridized carbons (Fsp3) is 0.154. The van der Waals surface area contributed by atoms with Crippen molar-refractivity contribution in [2.75, 3.05) is 20.3 Å². The number of para-hydroxylation sites is 2. The predicted octanol–water partition coefficient (Wildman–Crippen LogP) is 6.29. The van der Waals surface area contributed by atoms with Gasteiger partial charge in [-0.15, -0.1) is 0 Å². The molecule has 4 rings (SSSR count). The summed E-state index contributed by atoms with van der Waals surface area (Å²) in [6.45, 7) is 0.561. The average Bonchev–Trinajstić information content (AvgIpc) is 3.12. The molecule has 1 heterocycles. The largest absolute Gasteiger partial charge is 0.493 e. The number of hydrogen-bond donors (Lipinski definition) is 0. The Bertz CT molecular complexity index is 1260. The molecule has 1 aliphatic heterocycles. The van der Waals surface area contributed by atoms with Gasteiger partial charge in [0.25, 0.3) is 11.1 Å². The summed E-state index contributed by atoms with van der Waals surface area (Å²) in [7, 11) is 1.55. The van der Waals surface area contributed by atoms with Gasteiger partial charge in [0.1, 0.15) is 24.8 Å². The van der Waals surface area contributed by atoms with Crippen molar-refractivity contribution in [3.8, 4) is 17.2 Å². The molecule has 0 radical (unpaired) electrons. The Balaban J connectivity index is 1.36. The van der Waals surface area contributed by atoms with E-state index in [4.69, 9.17) is 14.2 Å². The van der Waals surface area contributed by atoms with Gasteiger partial charge in [-0.2, -0.15) is 0 Å². The van der Waals surface area contributed by atoms with Gasteiger partial charge in [-0.05, 0) is 81.3 Å². The quantitative estimate of drug-likeness (QED) is 0.288. The fourth-order valence-electron chi connectivity index (χ4n) is 3.29. The first-order valence-corrected chi connectivity index (χ1v) is 12.2. The van der Waals surface area contributed by atoms with Crippen LogP contribution in [-0.2, 0) is 11.4 Å². The number of halogens is 2. The molecule has 0 N–H and O–H groups in total. The summed E-state index contributed by atoms with van der Waals surface area (Å²) in [6, 6.07) is 18.6. The molecule has 3 aromatic rings. The third-order valence-electron chi connectivity index (χ3n) is 5.08. The lowest BCUT2D eigenvalue weighted by atomic mass is 10.2. The standard InChI is InChI=1S/C26H21BrFNO5S/c1-32-22-4-2-3-5-23(22)33-13-12-29-25(30)24(35-26(29)31)15-18-8-11-21(20(27)14-18)34-16-17-6-9-19(28)10-7-17/h2-11,14-15H,12-13,16H2,1H3/b24-15-. The third kappa shape index (κ3) is 6.23. The van der Waals surface area contributed by atoms with Crippen LogP contribution in [0, 0.1) is 5.82 Å². The van der Waals surface area contributed by atoms with E-state index in [1.807, 2.05) is 12.1 Å². The van der Waals surface area contributed by atoms with E-state index >= 15 is 0 Å². The molecule has 1 fully saturated rings. The minimum Gasteiger partial charge on any atom is -0.493 e. The van der Waals surface area contributed by atoms with Gasteiger partial charge in [-0.3, -0.25) is 14.5 Å². The van der Waals surface area contributed by atoms with Crippen molar-refractivity contribution >= 4 is 44.9 Å². The van der Waals surface area contributed by atoms with Crippen LogP contribution < -0.4 is 14.2 Å². The first-order valence-electron chi connectivity index (χ1n) is 10.6. The molecular weight excluding hydrogens is 537 g/mol. The highest BCUT2D eigenvalue weighted by molar-refractivity contribution is 9.10. The van der Waals surface area contributed by atoms with Crippen LogP contribution in [0.3, 0.4) is 0 Å². The normalized spacial score (nSPS) is 14.5. The molecule has 1 aliphatic rings. The Morgan fingerprint density at radius 3 is 2.43 bits per heavy atom. The summed E-state index contributed by atoms with van der Waals surface area (Å²) in [5, 5.41) is -0.344. The van der Waals surface area contributed by atoms with Crippen molar-refractivity contribution < 1.29 is 28.2 Å². The molecule has 6 nitrogen and oxygen atoms in total. The smallest absolute Gasteiger partial charge is 0.293 e. The van der Waals surface area contributed by atoms with Gasteiger partial charge < -0.3 is 14.2 Å². The Kier molecular flexibility index (Phi) is 8.09. The molecule has 9 heteroatoms. The van der Waals surface area contributed by atoms with Crippen LogP contribution in [-0.4, -0.2) is 36.3 Å². The number of ether oxygens (including phenoxy) is 3. The van der Waals surface area contributed by atoms with Crippen LogP contribution in [0.2, 0.25) is 0 Å². The topological polar surface area (TPSA) is 65.1 Å². The van der Waals surface area contributed by atoms with Gasteiger partial charge in [0.2, 0.25) is 0 Å². The second-order valence-electron chi connectivity index (χ2n) is 7.44. The van der Waals surface area contributed by atoms with Crippen molar-refractivity contribution in [2.24, 2.45) is 0 Å². The van der Waals surface area contributed by atoms with Crippen LogP contribution in [0.5, 0.6) is 17.2 Å². The van der Waals surface area contributed by atoms with E-state index in [9.17, 15) is 14.0 Å². The van der Waals surface area contributed by atoms with Crippen molar-refractivity contribution in [1.29, 1.82) is 0 Å². The lowest BCUT2D eigenvalue weighted by Gasteiger charge is -2.14. The van der Waals surface area contributed by atoms with Gasteiger partial charge >= 0.3 is 0 Å². The minimum absolute atomic E-state index is 0.125. The van der Waals surface area contributed by atoms with E-state index in [-0.39, 0.29) is 36.7 Å². The van der Waals surface area contributed by atoms with E-state index < -0.39 is 0 Å². The number of benzene rings is 3. The number of methoxy groups -OCH3 is 1. The van der Waals surface area contributed by atoms with Crippen molar-refractivity contribution in [1.82, 2.24) is 4.90 Å². The van der Waals surface area contributed by atoms with Gasteiger partial charge in [-0.25, -0.2) is 4.39 Å². The van der Waals surface area contributed by atoms with Gasteiger partial charge in [0, 0.05) is 0 Å². The SMILES string of the molecule is COc1ccccc1OCCN1C(=O)S/C(=C\c2ccc(OCc3ccc(F)cc3)c(Br)c2)C1=O. The number of carbonyl (C=O) groups is 2. The van der Waals surface area contributed by atoms with Gasteiger partial charge in [-0.1, -0.05) is 30.3 Å². The highest BCUT2D eigenvalue weighted by atomic mass is 79.9. The summed E-state index contributed by atoms with van der Waals surface area (Å²) in [5.41, 5.74) is 1.58. The Labute approximate surface area is 214 Å². The van der Waals surface area contributed by atoms with Crippen LogP contribution in [0.15, 0.2) is 76.1 Å². The van der Waals surface area contributed by atoms with Gasteiger partial charge in [0.15, 0.2) is 11.5 Å². The number of rotatable bonds is 9. The summed E-state index contributed by atoms with van der Waals surface area (Å²) >= 11 is 4.37. The summed E-state index contributed by atoms with van der Waals surface area (Å²) in [6.07, 6.45) is 1.67. The number of nitrogens with zero attached hydrogens (tertiary/aromatic N) is 1. The van der Waals surface area contributed by atoms with E-state index in [1.165, 1.54) is 17.0 Å². The number of amides is 2. The third-order valence-corrected chi connectivity index (χ3v) is 6.60. The lowest BCUT2D eigenvalue weighted by molar-refractivity contribution is -0.123. The predicted molar refractivity (Wildman–Crippen MR) is 136 cm³/mol. The molecule has 2 amide bonds. The van der Waals surface area contributed by atoms with Crippen LogP contribution in [0.4, 0.5) is 9.18 Å². The summed E-state index contributed by atoms with van der Waals surface area (Å²) in [4.78, 5) is 26.7. The van der Waals surface area contributed by atoms with Crippen molar-refractivity contribution in [3.63, 3.8) is 0 Å². The number of imide groups is 1. The molecule has 3 aromatic carbocycles. The first-order chi connectivity index (χ1) is 16.9. The molecule has 0 atom stereocenters. The second kappa shape index (κ2) is 11.4. The number of carbonyl (C=O) groups excluding carboxylic acids is 2. The molecular formula is C26H21BrFNO5S. The van der Waals surface area contributed by atoms with Crippen molar-refractivity contribution in [3.05, 3.63) is 93.1 Å². The maximum atomic E-state index is 13.0. The monoisotopic (exact) mass is 557 g/mol. The Morgan fingerprint density at radius 2 is 1.71 bits per heavy atom. The Hall–Kier alpha value is -3.30. The van der Waals surface area contributed by atoms with E-state index in [0.29, 0.717) is 26.6 Å². The number of thioether (sulfide) groups is 1. The molecule has 1 saturated heterocycles. The molecule has 0 saturated carbocycles. The molecule has 180 valence electrons. The second-order valence-corrected chi connectivity index (χ2v) is 9.29. The molecule has 35 heavy (non-hydrogen) atoms. The lowest BCUT2D eigenvalue weighted by Crippen LogP contribution is -2.32. The van der Waals surface area contributed by atoms with E-state index in [1.54, 1.807) is 55.7 Å². The molecule has 0 spiro atoms. The van der Waals surface area contributed by atoms with E-state index in [0.717, 1.165) is 22.9 Å². The van der Waals surface area contributed by atoms with Crippen LogP contribution >= 0.6 is 27.7 Å².